The Labute approximate surface area is 212 Å². The van der Waals surface area contributed by atoms with Gasteiger partial charge in [-0.3, -0.25) is 14.4 Å². The van der Waals surface area contributed by atoms with Crippen molar-refractivity contribution in [2.45, 2.75) is 56.9 Å². The van der Waals surface area contributed by atoms with Crippen LogP contribution < -0.4 is 5.32 Å². The van der Waals surface area contributed by atoms with Crippen molar-refractivity contribution in [3.8, 4) is 0 Å². The summed E-state index contributed by atoms with van der Waals surface area (Å²) in [7, 11) is -0.102. The summed E-state index contributed by atoms with van der Waals surface area (Å²) in [6, 6.07) is 7.35. The fourth-order valence-electron chi connectivity index (χ4n) is 5.78. The average molecular weight is 514 g/mol. The van der Waals surface area contributed by atoms with Crippen molar-refractivity contribution in [2.24, 2.45) is 10.9 Å². The van der Waals surface area contributed by atoms with E-state index in [4.69, 9.17) is 4.99 Å². The third-order valence-electron chi connectivity index (χ3n) is 7.97. The number of hydrogen-bond acceptors (Lipinski definition) is 5. The van der Waals surface area contributed by atoms with Crippen molar-refractivity contribution in [3.05, 3.63) is 36.0 Å². The molecule has 1 aromatic carbocycles. The Kier molecular flexibility index (Phi) is 6.67. The van der Waals surface area contributed by atoms with Gasteiger partial charge in [-0.2, -0.15) is 0 Å². The molecule has 1 spiro atoms. The molecule has 0 atom stereocenters. The van der Waals surface area contributed by atoms with E-state index < -0.39 is 15.6 Å². The van der Waals surface area contributed by atoms with Gasteiger partial charge < -0.3 is 10.2 Å². The van der Waals surface area contributed by atoms with E-state index in [1.807, 2.05) is 24.3 Å². The Hall–Kier alpha value is -2.72. The van der Waals surface area contributed by atoms with Gasteiger partial charge in [-0.25, -0.2) is 17.5 Å². The fourth-order valence-corrected chi connectivity index (χ4v) is 7.26. The van der Waals surface area contributed by atoms with Crippen molar-refractivity contribution in [2.75, 3.05) is 32.9 Å². The minimum absolute atomic E-state index is 0.0191. The molecule has 2 fully saturated rings. The van der Waals surface area contributed by atoms with E-state index in [1.165, 1.54) is 28.5 Å². The molecule has 2 aliphatic heterocycles. The molecule has 0 unspecified atom stereocenters. The van der Waals surface area contributed by atoms with E-state index in [1.54, 1.807) is 24.9 Å². The smallest absolute Gasteiger partial charge is 0.328 e. The van der Waals surface area contributed by atoms with E-state index in [-0.39, 0.29) is 17.7 Å². The Bertz CT molecular complexity index is 1300. The van der Waals surface area contributed by atoms with Crippen LogP contribution in [0.4, 0.5) is 4.79 Å². The first-order chi connectivity index (χ1) is 17.2. The standard InChI is InChI=1S/C26H35N5O4S/c1-29(2)25(33)31-15-11-21-19(9-6-10-22(21)31)12-18-36(34,35)30-16-13-26(14-17-30)24(32)27-23(28-26)20-7-4-3-5-8-20/h6,9-11,15,20H,3-5,7-8,12-14,16-18H2,1-2H3,(H,27,28,32). The maximum Gasteiger partial charge on any atom is 0.328 e. The van der Waals surface area contributed by atoms with Crippen LogP contribution in [0.2, 0.25) is 0 Å². The van der Waals surface area contributed by atoms with Gasteiger partial charge in [0, 0.05) is 44.7 Å². The molecule has 3 heterocycles. The molecule has 2 amide bonds. The highest BCUT2D eigenvalue weighted by atomic mass is 32.2. The summed E-state index contributed by atoms with van der Waals surface area (Å²) in [5, 5.41) is 3.91. The largest absolute Gasteiger partial charge is 0.330 e. The van der Waals surface area contributed by atoms with Gasteiger partial charge in [0.25, 0.3) is 5.91 Å². The van der Waals surface area contributed by atoms with Crippen LogP contribution in [0.3, 0.4) is 0 Å². The minimum atomic E-state index is -3.50. The number of rotatable bonds is 5. The number of nitrogens with zero attached hydrogens (tertiary/aromatic N) is 4. The molecule has 36 heavy (non-hydrogen) atoms. The Morgan fingerprint density at radius 3 is 2.56 bits per heavy atom. The zero-order valence-corrected chi connectivity index (χ0v) is 21.9. The van der Waals surface area contributed by atoms with Crippen molar-refractivity contribution >= 4 is 38.7 Å². The highest BCUT2D eigenvalue weighted by Crippen LogP contribution is 2.35. The maximum atomic E-state index is 13.2. The predicted octanol–water partition coefficient (Wildman–Crippen LogP) is 2.99. The van der Waals surface area contributed by atoms with Gasteiger partial charge in [0.15, 0.2) is 0 Å². The van der Waals surface area contributed by atoms with Gasteiger partial charge in [0.1, 0.15) is 11.4 Å². The normalized spacial score (nSPS) is 21.1. The van der Waals surface area contributed by atoms with Gasteiger partial charge in [-0.1, -0.05) is 31.4 Å². The fraction of sp³-hybridized carbons (Fsp3) is 0.577. The molecule has 0 bridgehead atoms. The molecule has 5 rings (SSSR count). The highest BCUT2D eigenvalue weighted by molar-refractivity contribution is 7.89. The number of carbonyl (C=O) groups excluding carboxylic acids is 2. The second kappa shape index (κ2) is 9.63. The van der Waals surface area contributed by atoms with Gasteiger partial charge in [-0.05, 0) is 49.8 Å². The number of aliphatic imine (C=N–C) groups is 1. The molecule has 1 saturated carbocycles. The SMILES string of the molecule is CN(C)C(=O)n1ccc2c(CCS(=O)(=O)N3CCC4(CC3)N=C(C3CCCCC3)NC4=O)cccc21. The number of fused-ring (bicyclic) bond motifs is 1. The molecule has 194 valence electrons. The van der Waals surface area contributed by atoms with Crippen molar-refractivity contribution < 1.29 is 18.0 Å². The van der Waals surface area contributed by atoms with Crippen molar-refractivity contribution in [1.82, 2.24) is 19.1 Å². The van der Waals surface area contributed by atoms with Gasteiger partial charge in [0.05, 0.1) is 11.3 Å². The number of amides is 2. The number of benzene rings is 1. The van der Waals surface area contributed by atoms with Crippen LogP contribution in [0.15, 0.2) is 35.5 Å². The topological polar surface area (TPSA) is 104 Å². The molecule has 2 aromatic rings. The highest BCUT2D eigenvalue weighted by Gasteiger charge is 2.48. The molecule has 1 aliphatic carbocycles. The van der Waals surface area contributed by atoms with E-state index in [9.17, 15) is 18.0 Å². The second-order valence-corrected chi connectivity index (χ2v) is 12.6. The quantitative estimate of drug-likeness (QED) is 0.664. The molecule has 1 aromatic heterocycles. The lowest BCUT2D eigenvalue weighted by molar-refractivity contribution is -0.125. The van der Waals surface area contributed by atoms with E-state index in [0.717, 1.165) is 35.1 Å². The molecular weight excluding hydrogens is 478 g/mol. The Morgan fingerprint density at radius 1 is 1.14 bits per heavy atom. The van der Waals surface area contributed by atoms with E-state index >= 15 is 0 Å². The Balaban J connectivity index is 1.25. The number of sulfonamides is 1. The molecule has 9 nitrogen and oxygen atoms in total. The summed E-state index contributed by atoms with van der Waals surface area (Å²) in [4.78, 5) is 31.7. The first-order valence-electron chi connectivity index (χ1n) is 12.9. The number of aryl methyl sites for hydroxylation is 1. The number of piperidine rings is 1. The molecular formula is C26H35N5O4S. The zero-order valence-electron chi connectivity index (χ0n) is 21.1. The third kappa shape index (κ3) is 4.56. The van der Waals surface area contributed by atoms with Gasteiger partial charge in [0.2, 0.25) is 10.0 Å². The van der Waals surface area contributed by atoms with Crippen LogP contribution in [-0.4, -0.2) is 78.4 Å². The molecule has 10 heteroatoms. The number of aromatic nitrogens is 1. The molecule has 1 saturated heterocycles. The first kappa shape index (κ1) is 25.0. The lowest BCUT2D eigenvalue weighted by atomic mass is 9.88. The predicted molar refractivity (Wildman–Crippen MR) is 140 cm³/mol. The monoisotopic (exact) mass is 513 g/mol. The number of carbonyl (C=O) groups is 2. The van der Waals surface area contributed by atoms with E-state index in [2.05, 4.69) is 5.32 Å². The van der Waals surface area contributed by atoms with Crippen LogP contribution in [0.25, 0.3) is 10.9 Å². The van der Waals surface area contributed by atoms with E-state index in [0.29, 0.717) is 38.3 Å². The maximum absolute atomic E-state index is 13.2. The number of amidine groups is 1. The molecule has 3 aliphatic rings. The first-order valence-corrected chi connectivity index (χ1v) is 14.5. The second-order valence-electron chi connectivity index (χ2n) is 10.5. The van der Waals surface area contributed by atoms with Crippen LogP contribution >= 0.6 is 0 Å². The summed E-state index contributed by atoms with van der Waals surface area (Å²) >= 11 is 0. The van der Waals surface area contributed by atoms with Crippen molar-refractivity contribution in [3.63, 3.8) is 0 Å². The Morgan fingerprint density at radius 2 is 1.86 bits per heavy atom. The summed E-state index contributed by atoms with van der Waals surface area (Å²) in [6.45, 7) is 0.601. The summed E-state index contributed by atoms with van der Waals surface area (Å²) < 4.78 is 29.5. The third-order valence-corrected chi connectivity index (χ3v) is 9.85. The summed E-state index contributed by atoms with van der Waals surface area (Å²) in [5.41, 5.74) is 0.848. The van der Waals surface area contributed by atoms with Crippen LogP contribution in [0.5, 0.6) is 0 Å². The van der Waals surface area contributed by atoms with Crippen LogP contribution in [0.1, 0.15) is 50.5 Å². The molecule has 0 radical (unpaired) electrons. The van der Waals surface area contributed by atoms with Crippen molar-refractivity contribution in [1.29, 1.82) is 0 Å². The minimum Gasteiger partial charge on any atom is -0.330 e. The lowest BCUT2D eigenvalue weighted by Gasteiger charge is -2.34. The summed E-state index contributed by atoms with van der Waals surface area (Å²) in [6.07, 6.45) is 8.62. The number of hydrogen-bond donors (Lipinski definition) is 1. The van der Waals surface area contributed by atoms with Crippen LogP contribution in [0, 0.1) is 5.92 Å². The zero-order chi connectivity index (χ0) is 25.5. The van der Waals surface area contributed by atoms with Gasteiger partial charge >= 0.3 is 6.03 Å². The van der Waals surface area contributed by atoms with Crippen LogP contribution in [-0.2, 0) is 21.2 Å². The number of nitrogens with one attached hydrogen (secondary N) is 1. The summed E-state index contributed by atoms with van der Waals surface area (Å²) in [5.74, 6) is 1.07. The molecule has 1 N–H and O–H groups in total. The van der Waals surface area contributed by atoms with Gasteiger partial charge in [-0.15, -0.1) is 0 Å². The average Bonchev–Trinajstić information content (AvgIpc) is 3.45. The lowest BCUT2D eigenvalue weighted by Crippen LogP contribution is -2.51.